The van der Waals surface area contributed by atoms with Crippen molar-refractivity contribution < 1.29 is 4.79 Å². The third-order valence-corrected chi connectivity index (χ3v) is 5.59. The Morgan fingerprint density at radius 2 is 1.30 bits per heavy atom. The molecule has 1 fully saturated rings. The zero-order valence-corrected chi connectivity index (χ0v) is 17.4. The van der Waals surface area contributed by atoms with Crippen LogP contribution in [0, 0.1) is 11.3 Å². The van der Waals surface area contributed by atoms with Gasteiger partial charge in [0, 0.05) is 21.2 Å². The summed E-state index contributed by atoms with van der Waals surface area (Å²) in [6.45, 7) is 6.71. The van der Waals surface area contributed by atoms with E-state index in [0.717, 1.165) is 35.1 Å². The molecule has 0 aromatic heterocycles. The molecule has 2 aromatic rings. The minimum atomic E-state index is 0.113. The molecule has 1 saturated carbocycles. The lowest BCUT2D eigenvalue weighted by atomic mass is 9.68. The first-order valence-corrected chi connectivity index (χ1v) is 9.95. The average Bonchev–Trinajstić information content (AvgIpc) is 2.57. The predicted molar refractivity (Wildman–Crippen MR) is 116 cm³/mol. The van der Waals surface area contributed by atoms with E-state index in [1.165, 1.54) is 0 Å². The van der Waals surface area contributed by atoms with Crippen LogP contribution in [0.2, 0.25) is 10.0 Å². The van der Waals surface area contributed by atoms with Gasteiger partial charge in [0.2, 0.25) is 0 Å². The fourth-order valence-electron chi connectivity index (χ4n) is 3.45. The van der Waals surface area contributed by atoms with Crippen molar-refractivity contribution in [3.05, 3.63) is 80.8 Å². The van der Waals surface area contributed by atoms with E-state index >= 15 is 0 Å². The molecule has 1 nitrogen and oxygen atoms in total. The Labute approximate surface area is 171 Å². The van der Waals surface area contributed by atoms with Gasteiger partial charge >= 0.3 is 0 Å². The highest BCUT2D eigenvalue weighted by molar-refractivity contribution is 6.31. The quantitative estimate of drug-likeness (QED) is 0.478. The summed E-state index contributed by atoms with van der Waals surface area (Å²) in [5, 5.41) is 1.35. The number of halogens is 2. The maximum atomic E-state index is 13.2. The topological polar surface area (TPSA) is 17.1 Å². The number of rotatable bonds is 2. The second kappa shape index (κ2) is 8.04. The lowest BCUT2D eigenvalue weighted by Gasteiger charge is -2.35. The summed E-state index contributed by atoms with van der Waals surface area (Å²) >= 11 is 12.2. The Hall–Kier alpha value is -1.83. The summed E-state index contributed by atoms with van der Waals surface area (Å²) in [6, 6.07) is 15.2. The van der Waals surface area contributed by atoms with E-state index in [2.05, 4.69) is 20.8 Å². The highest BCUT2D eigenvalue weighted by atomic mass is 35.5. The van der Waals surface area contributed by atoms with Crippen LogP contribution in [0.15, 0.2) is 59.7 Å². The summed E-state index contributed by atoms with van der Waals surface area (Å²) < 4.78 is 0. The molecule has 1 aliphatic carbocycles. The van der Waals surface area contributed by atoms with Gasteiger partial charge in [-0.25, -0.2) is 0 Å². The molecule has 0 amide bonds. The Morgan fingerprint density at radius 3 is 1.67 bits per heavy atom. The fraction of sp³-hybridized carbons (Fsp3) is 0.292. The largest absolute Gasteiger partial charge is 0.289 e. The minimum Gasteiger partial charge on any atom is -0.289 e. The van der Waals surface area contributed by atoms with Crippen molar-refractivity contribution in [1.29, 1.82) is 0 Å². The summed E-state index contributed by atoms with van der Waals surface area (Å²) in [5.74, 6) is 0.515. The number of ketones is 1. The SMILES string of the molecule is CC(C)(C)C1C/C(=C\c2cccc(Cl)c2)C(=O)/C(=C/c2cccc(Cl)c2)C1. The zero-order valence-electron chi connectivity index (χ0n) is 15.9. The molecule has 0 unspecified atom stereocenters. The number of benzene rings is 2. The molecule has 0 spiro atoms. The van der Waals surface area contributed by atoms with Gasteiger partial charge in [-0.2, -0.15) is 0 Å². The lowest BCUT2D eigenvalue weighted by Crippen LogP contribution is -2.29. The number of hydrogen-bond acceptors (Lipinski definition) is 1. The number of Topliss-reactive ketones (excluding diaryl/α,β-unsaturated/α-hetero) is 1. The van der Waals surface area contributed by atoms with Crippen molar-refractivity contribution in [3.63, 3.8) is 0 Å². The molecule has 3 rings (SSSR count). The molecule has 0 radical (unpaired) electrons. The monoisotopic (exact) mass is 398 g/mol. The summed E-state index contributed by atoms with van der Waals surface area (Å²) in [7, 11) is 0. The van der Waals surface area contributed by atoms with Crippen molar-refractivity contribution in [2.24, 2.45) is 11.3 Å². The van der Waals surface area contributed by atoms with Crippen molar-refractivity contribution in [3.8, 4) is 0 Å². The van der Waals surface area contributed by atoms with Crippen LogP contribution in [0.4, 0.5) is 0 Å². The molecule has 0 atom stereocenters. The summed E-state index contributed by atoms with van der Waals surface area (Å²) in [5.41, 5.74) is 3.72. The van der Waals surface area contributed by atoms with Crippen LogP contribution in [0.5, 0.6) is 0 Å². The first kappa shape index (κ1) is 19.9. The first-order chi connectivity index (χ1) is 12.7. The van der Waals surface area contributed by atoms with Crippen LogP contribution >= 0.6 is 23.2 Å². The van der Waals surface area contributed by atoms with E-state index in [-0.39, 0.29) is 11.2 Å². The Balaban J connectivity index is 2.02. The van der Waals surface area contributed by atoms with E-state index in [1.54, 1.807) is 0 Å². The van der Waals surface area contributed by atoms with Crippen molar-refractivity contribution in [2.75, 3.05) is 0 Å². The van der Waals surface area contributed by atoms with Gasteiger partial charge < -0.3 is 0 Å². The van der Waals surface area contributed by atoms with E-state index in [4.69, 9.17) is 23.2 Å². The number of hydrogen-bond donors (Lipinski definition) is 0. The first-order valence-electron chi connectivity index (χ1n) is 9.19. The maximum absolute atomic E-state index is 13.2. The van der Waals surface area contributed by atoms with E-state index in [0.29, 0.717) is 16.0 Å². The molecule has 0 bridgehead atoms. The van der Waals surface area contributed by atoms with E-state index in [1.807, 2.05) is 60.7 Å². The molecule has 2 aromatic carbocycles. The Kier molecular flexibility index (Phi) is 5.93. The van der Waals surface area contributed by atoms with Crippen LogP contribution in [-0.2, 0) is 4.79 Å². The molecular formula is C24H24Cl2O. The molecule has 0 heterocycles. The smallest absolute Gasteiger partial charge is 0.185 e. The number of carbonyl (C=O) groups excluding carboxylic acids is 1. The standard InChI is InChI=1S/C24H24Cl2O/c1-24(2,3)20-14-18(10-16-6-4-8-21(25)12-16)23(27)19(15-20)11-17-7-5-9-22(26)13-17/h4-13,20H,14-15H2,1-3H3/b18-10+,19-11+. The van der Waals surface area contributed by atoms with Crippen molar-refractivity contribution in [2.45, 2.75) is 33.6 Å². The van der Waals surface area contributed by atoms with Gasteiger partial charge in [-0.3, -0.25) is 4.79 Å². The molecule has 0 saturated heterocycles. The van der Waals surface area contributed by atoms with Crippen molar-refractivity contribution in [1.82, 2.24) is 0 Å². The van der Waals surface area contributed by atoms with E-state index < -0.39 is 0 Å². The summed E-state index contributed by atoms with van der Waals surface area (Å²) in [6.07, 6.45) is 5.53. The molecule has 140 valence electrons. The molecule has 27 heavy (non-hydrogen) atoms. The van der Waals surface area contributed by atoms with Crippen LogP contribution in [-0.4, -0.2) is 5.78 Å². The average molecular weight is 399 g/mol. The van der Waals surface area contributed by atoms with Gasteiger partial charge in [-0.1, -0.05) is 68.2 Å². The lowest BCUT2D eigenvalue weighted by molar-refractivity contribution is -0.113. The highest BCUT2D eigenvalue weighted by Crippen LogP contribution is 2.42. The Bertz CT molecular complexity index is 848. The number of allylic oxidation sites excluding steroid dienone is 2. The number of carbonyl (C=O) groups is 1. The normalized spacial score (nSPS) is 21.1. The van der Waals surface area contributed by atoms with Crippen LogP contribution < -0.4 is 0 Å². The minimum absolute atomic E-state index is 0.113. The Morgan fingerprint density at radius 1 is 0.852 bits per heavy atom. The second-order valence-electron chi connectivity index (χ2n) is 8.25. The van der Waals surface area contributed by atoms with Gasteiger partial charge in [0.05, 0.1) is 0 Å². The van der Waals surface area contributed by atoms with Crippen molar-refractivity contribution >= 4 is 41.1 Å². The van der Waals surface area contributed by atoms with Crippen LogP contribution in [0.1, 0.15) is 44.7 Å². The van der Waals surface area contributed by atoms with Crippen LogP contribution in [0.3, 0.4) is 0 Å². The third-order valence-electron chi connectivity index (χ3n) is 5.12. The zero-order chi connectivity index (χ0) is 19.6. The molecule has 1 aliphatic rings. The van der Waals surface area contributed by atoms with Gasteiger partial charge in [0.1, 0.15) is 0 Å². The maximum Gasteiger partial charge on any atom is 0.185 e. The van der Waals surface area contributed by atoms with Gasteiger partial charge in [0.15, 0.2) is 5.78 Å². The molecule has 3 heteroatoms. The summed E-state index contributed by atoms with van der Waals surface area (Å²) in [4.78, 5) is 13.2. The fourth-order valence-corrected chi connectivity index (χ4v) is 3.85. The van der Waals surface area contributed by atoms with Gasteiger partial charge in [0.25, 0.3) is 0 Å². The van der Waals surface area contributed by atoms with E-state index in [9.17, 15) is 4.79 Å². The third kappa shape index (κ3) is 5.12. The van der Waals surface area contributed by atoms with Gasteiger partial charge in [-0.05, 0) is 71.7 Å². The van der Waals surface area contributed by atoms with Crippen LogP contribution in [0.25, 0.3) is 12.2 Å². The van der Waals surface area contributed by atoms with Gasteiger partial charge in [-0.15, -0.1) is 0 Å². The highest BCUT2D eigenvalue weighted by Gasteiger charge is 2.34. The predicted octanol–water partition coefficient (Wildman–Crippen LogP) is 7.49. The molecule has 0 aliphatic heterocycles. The second-order valence-corrected chi connectivity index (χ2v) is 9.12. The molecule has 0 N–H and O–H groups in total. The molecular weight excluding hydrogens is 375 g/mol.